The van der Waals surface area contributed by atoms with Gasteiger partial charge in [0, 0.05) is 28.1 Å². The molecule has 1 aliphatic heterocycles. The second-order valence-corrected chi connectivity index (χ2v) is 9.85. The molecule has 148 valence electrons. The van der Waals surface area contributed by atoms with E-state index in [-0.39, 0.29) is 22.9 Å². The van der Waals surface area contributed by atoms with E-state index in [1.54, 1.807) is 13.0 Å². The third-order valence-electron chi connectivity index (χ3n) is 4.98. The number of carbonyl (C=O) groups is 1. The van der Waals surface area contributed by atoms with Gasteiger partial charge in [0.25, 0.3) is 5.91 Å². The van der Waals surface area contributed by atoms with Gasteiger partial charge in [-0.05, 0) is 55.7 Å². The van der Waals surface area contributed by atoms with Crippen molar-refractivity contribution in [1.82, 2.24) is 10.0 Å². The van der Waals surface area contributed by atoms with Crippen LogP contribution in [0.15, 0.2) is 45.8 Å². The maximum atomic E-state index is 13.0. The summed E-state index contributed by atoms with van der Waals surface area (Å²) in [5, 5.41) is 3.04. The summed E-state index contributed by atoms with van der Waals surface area (Å²) < 4.78 is 34.2. The fraction of sp³-hybridized carbons (Fsp3) is 0.350. The molecule has 1 unspecified atom stereocenters. The van der Waals surface area contributed by atoms with Crippen LogP contribution in [-0.2, 0) is 10.0 Å². The van der Waals surface area contributed by atoms with Gasteiger partial charge in [-0.1, -0.05) is 22.0 Å². The Morgan fingerprint density at radius 2 is 1.93 bits per heavy atom. The van der Waals surface area contributed by atoms with Crippen molar-refractivity contribution in [2.45, 2.75) is 43.2 Å². The van der Waals surface area contributed by atoms with Crippen molar-refractivity contribution in [1.29, 1.82) is 0 Å². The first kappa shape index (κ1) is 19.4. The Bertz CT molecular complexity index is 1030. The molecule has 1 fully saturated rings. The van der Waals surface area contributed by atoms with E-state index < -0.39 is 10.0 Å². The molecular weight excluding hydrogens is 444 g/mol. The fourth-order valence-corrected chi connectivity index (χ4v) is 4.96. The van der Waals surface area contributed by atoms with Gasteiger partial charge >= 0.3 is 0 Å². The first-order valence-corrected chi connectivity index (χ1v) is 11.5. The molecular formula is C20H21BrN2O4S. The average Bonchev–Trinajstić information content (AvgIpc) is 3.45. The Hall–Kier alpha value is -1.90. The lowest BCUT2D eigenvalue weighted by atomic mass is 9.99. The van der Waals surface area contributed by atoms with Crippen molar-refractivity contribution in [3.8, 4) is 5.75 Å². The smallest absolute Gasteiger partial charge is 0.252 e. The van der Waals surface area contributed by atoms with Crippen molar-refractivity contribution < 1.29 is 17.9 Å². The first-order chi connectivity index (χ1) is 13.3. The molecule has 1 heterocycles. The number of hydrogen-bond acceptors (Lipinski definition) is 4. The molecule has 2 aliphatic rings. The van der Waals surface area contributed by atoms with E-state index in [4.69, 9.17) is 4.74 Å². The fourth-order valence-electron chi connectivity index (χ4n) is 3.25. The standard InChI is InChI=1S/C20H21BrN2O4S/c1-12-2-6-15(28(25,26)23-14-4-5-14)11-16(12)20(24)22-18-8-9-27-19-7-3-13(21)10-17(18)19/h2-3,6-7,10-11,14,18,23H,4-5,8-9H2,1H3,(H,22,24). The van der Waals surface area contributed by atoms with Crippen LogP contribution in [-0.4, -0.2) is 27.0 Å². The molecule has 28 heavy (non-hydrogen) atoms. The molecule has 0 saturated heterocycles. The predicted molar refractivity (Wildman–Crippen MR) is 109 cm³/mol. The van der Waals surface area contributed by atoms with E-state index in [1.807, 2.05) is 18.2 Å². The summed E-state index contributed by atoms with van der Waals surface area (Å²) in [6, 6.07) is 10.2. The lowest BCUT2D eigenvalue weighted by Gasteiger charge is -2.27. The molecule has 8 heteroatoms. The maximum absolute atomic E-state index is 13.0. The number of nitrogens with one attached hydrogen (secondary N) is 2. The molecule has 0 spiro atoms. The van der Waals surface area contributed by atoms with Gasteiger partial charge in [0.15, 0.2) is 0 Å². The molecule has 4 rings (SSSR count). The second kappa shape index (κ2) is 7.50. The summed E-state index contributed by atoms with van der Waals surface area (Å²) in [6.07, 6.45) is 2.36. The summed E-state index contributed by atoms with van der Waals surface area (Å²) in [6.45, 7) is 2.31. The molecule has 0 bridgehead atoms. The van der Waals surface area contributed by atoms with E-state index in [2.05, 4.69) is 26.0 Å². The van der Waals surface area contributed by atoms with Crippen LogP contribution in [0, 0.1) is 6.92 Å². The molecule has 1 atom stereocenters. The Balaban J connectivity index is 1.59. The molecule has 0 aromatic heterocycles. The van der Waals surface area contributed by atoms with Crippen LogP contribution in [0.2, 0.25) is 0 Å². The van der Waals surface area contributed by atoms with E-state index in [9.17, 15) is 13.2 Å². The van der Waals surface area contributed by atoms with Crippen molar-refractivity contribution in [3.63, 3.8) is 0 Å². The zero-order valence-electron chi connectivity index (χ0n) is 15.4. The zero-order valence-corrected chi connectivity index (χ0v) is 17.8. The van der Waals surface area contributed by atoms with Crippen LogP contribution in [0.25, 0.3) is 0 Å². The SMILES string of the molecule is Cc1ccc(S(=O)(=O)NC2CC2)cc1C(=O)NC1CCOc2ccc(Br)cc21. The number of halogens is 1. The van der Waals surface area contributed by atoms with Gasteiger partial charge < -0.3 is 10.1 Å². The van der Waals surface area contributed by atoms with Gasteiger partial charge in [-0.2, -0.15) is 0 Å². The van der Waals surface area contributed by atoms with Crippen molar-refractivity contribution in [2.75, 3.05) is 6.61 Å². The van der Waals surface area contributed by atoms with Crippen molar-refractivity contribution in [3.05, 3.63) is 57.6 Å². The van der Waals surface area contributed by atoms with Crippen LogP contribution in [0.4, 0.5) is 0 Å². The van der Waals surface area contributed by atoms with Gasteiger partial charge in [0.2, 0.25) is 10.0 Å². The maximum Gasteiger partial charge on any atom is 0.252 e. The van der Waals surface area contributed by atoms with Gasteiger partial charge in [0.05, 0.1) is 17.5 Å². The number of amides is 1. The number of aryl methyl sites for hydroxylation is 1. The Morgan fingerprint density at radius 3 is 2.68 bits per heavy atom. The largest absolute Gasteiger partial charge is 0.493 e. The molecule has 1 saturated carbocycles. The molecule has 2 aromatic rings. The molecule has 1 amide bonds. The summed E-state index contributed by atoms with van der Waals surface area (Å²) >= 11 is 3.45. The van der Waals surface area contributed by atoms with Crippen LogP contribution < -0.4 is 14.8 Å². The van der Waals surface area contributed by atoms with E-state index in [0.29, 0.717) is 18.6 Å². The molecule has 0 radical (unpaired) electrons. The average molecular weight is 465 g/mol. The number of fused-ring (bicyclic) bond motifs is 1. The number of carbonyl (C=O) groups excluding carboxylic acids is 1. The second-order valence-electron chi connectivity index (χ2n) is 7.22. The van der Waals surface area contributed by atoms with Gasteiger partial charge in [-0.3, -0.25) is 4.79 Å². The third kappa shape index (κ3) is 4.09. The Kier molecular flexibility index (Phi) is 5.20. The predicted octanol–water partition coefficient (Wildman–Crippen LogP) is 3.45. The Labute approximate surface area is 172 Å². The van der Waals surface area contributed by atoms with Crippen LogP contribution in [0.5, 0.6) is 5.75 Å². The third-order valence-corrected chi connectivity index (χ3v) is 6.99. The van der Waals surface area contributed by atoms with Crippen molar-refractivity contribution >= 4 is 31.9 Å². The molecule has 6 nitrogen and oxygen atoms in total. The number of ether oxygens (including phenoxy) is 1. The highest BCUT2D eigenvalue weighted by Gasteiger charge is 2.29. The molecule has 2 aromatic carbocycles. The summed E-state index contributed by atoms with van der Waals surface area (Å²) in [7, 11) is -3.61. The van der Waals surface area contributed by atoms with Crippen molar-refractivity contribution in [2.24, 2.45) is 0 Å². The molecule has 2 N–H and O–H groups in total. The van der Waals surface area contributed by atoms with E-state index >= 15 is 0 Å². The highest BCUT2D eigenvalue weighted by Crippen LogP contribution is 2.34. The minimum atomic E-state index is -3.61. The number of sulfonamides is 1. The number of rotatable bonds is 5. The summed E-state index contributed by atoms with van der Waals surface area (Å²) in [5.41, 5.74) is 2.00. The Morgan fingerprint density at radius 1 is 1.14 bits per heavy atom. The highest BCUT2D eigenvalue weighted by atomic mass is 79.9. The highest BCUT2D eigenvalue weighted by molar-refractivity contribution is 9.10. The number of benzene rings is 2. The van der Waals surface area contributed by atoms with E-state index in [1.165, 1.54) is 12.1 Å². The first-order valence-electron chi connectivity index (χ1n) is 9.19. The topological polar surface area (TPSA) is 84.5 Å². The summed E-state index contributed by atoms with van der Waals surface area (Å²) in [4.78, 5) is 13.1. The lowest BCUT2D eigenvalue weighted by molar-refractivity contribution is 0.0924. The number of hydrogen-bond donors (Lipinski definition) is 2. The van der Waals surface area contributed by atoms with Gasteiger partial charge in [0.1, 0.15) is 5.75 Å². The summed E-state index contributed by atoms with van der Waals surface area (Å²) in [5.74, 6) is 0.459. The normalized spacial score (nSPS) is 18.9. The lowest BCUT2D eigenvalue weighted by Crippen LogP contribution is -2.33. The quantitative estimate of drug-likeness (QED) is 0.709. The van der Waals surface area contributed by atoms with Gasteiger partial charge in [-0.25, -0.2) is 13.1 Å². The van der Waals surface area contributed by atoms with Crippen LogP contribution in [0.3, 0.4) is 0 Å². The van der Waals surface area contributed by atoms with Gasteiger partial charge in [-0.15, -0.1) is 0 Å². The molecule has 1 aliphatic carbocycles. The zero-order chi connectivity index (χ0) is 19.9. The van der Waals surface area contributed by atoms with Crippen LogP contribution >= 0.6 is 15.9 Å². The monoisotopic (exact) mass is 464 g/mol. The van der Waals surface area contributed by atoms with Crippen LogP contribution in [0.1, 0.15) is 46.8 Å². The van der Waals surface area contributed by atoms with E-state index in [0.717, 1.165) is 34.2 Å². The minimum absolute atomic E-state index is 0.0146. The minimum Gasteiger partial charge on any atom is -0.493 e.